The van der Waals surface area contributed by atoms with Crippen LogP contribution in [-0.4, -0.2) is 68.1 Å². The molecule has 0 unspecified atom stereocenters. The van der Waals surface area contributed by atoms with Gasteiger partial charge in [-0.15, -0.1) is 24.8 Å². The molecule has 3 heterocycles. The summed E-state index contributed by atoms with van der Waals surface area (Å²) in [6.07, 6.45) is 12.5. The zero-order valence-electron chi connectivity index (χ0n) is 23.7. The van der Waals surface area contributed by atoms with Crippen molar-refractivity contribution in [2.24, 2.45) is 5.73 Å². The largest absolute Gasteiger partial charge is 0.484 e. The fourth-order valence-corrected chi connectivity index (χ4v) is 6.34. The molecule has 1 amide bonds. The molecular weight excluding hydrogens is 599 g/mol. The van der Waals surface area contributed by atoms with Crippen LogP contribution in [0, 0.1) is 0 Å². The Kier molecular flexibility index (Phi) is 11.4. The molecule has 0 atom stereocenters. The molecule has 0 bridgehead atoms. The summed E-state index contributed by atoms with van der Waals surface area (Å²) in [5, 5.41) is 7.90. The van der Waals surface area contributed by atoms with E-state index in [0.29, 0.717) is 47.9 Å². The van der Waals surface area contributed by atoms with E-state index in [2.05, 4.69) is 15.2 Å². The van der Waals surface area contributed by atoms with Crippen molar-refractivity contribution in [1.82, 2.24) is 24.4 Å². The maximum absolute atomic E-state index is 12.8. The first-order valence-corrected chi connectivity index (χ1v) is 15.1. The van der Waals surface area contributed by atoms with E-state index in [-0.39, 0.29) is 43.4 Å². The lowest BCUT2D eigenvalue weighted by Gasteiger charge is -2.32. The monoisotopic (exact) mass is 638 g/mol. The summed E-state index contributed by atoms with van der Waals surface area (Å²) in [5.41, 5.74) is 7.84. The van der Waals surface area contributed by atoms with E-state index in [1.807, 2.05) is 11.2 Å². The second-order valence-corrected chi connectivity index (χ2v) is 11.9. The van der Waals surface area contributed by atoms with Crippen LogP contribution >= 0.6 is 36.4 Å². The van der Waals surface area contributed by atoms with Crippen LogP contribution in [0.1, 0.15) is 70.3 Å². The fraction of sp³-hybridized carbons (Fsp3) is 0.586. The lowest BCUT2D eigenvalue weighted by Crippen LogP contribution is -2.44. The summed E-state index contributed by atoms with van der Waals surface area (Å²) in [4.78, 5) is 29.3. The van der Waals surface area contributed by atoms with E-state index < -0.39 is 0 Å². The van der Waals surface area contributed by atoms with Gasteiger partial charge in [0.05, 0.1) is 6.33 Å². The SMILES string of the molecule is Cl.Cl.NC1CCC(Nc2nc(NC3CCN(C(=O)COc4ccc(Cl)cc4)CC3)c3ncn(C4CCCC4)c3n2)CC1. The van der Waals surface area contributed by atoms with Gasteiger partial charge in [-0.25, -0.2) is 4.98 Å². The van der Waals surface area contributed by atoms with Gasteiger partial charge in [-0.05, 0) is 75.6 Å². The minimum atomic E-state index is -0.00757. The molecule has 2 aliphatic carbocycles. The Morgan fingerprint density at radius 1 is 0.929 bits per heavy atom. The quantitative estimate of drug-likeness (QED) is 0.291. The van der Waals surface area contributed by atoms with Crippen molar-refractivity contribution in [1.29, 1.82) is 0 Å². The number of fused-ring (bicyclic) bond motifs is 1. The van der Waals surface area contributed by atoms with Crippen LogP contribution in [-0.2, 0) is 4.79 Å². The number of piperidine rings is 1. The van der Waals surface area contributed by atoms with Gasteiger partial charge in [0.2, 0.25) is 5.95 Å². The molecule has 13 heteroatoms. The zero-order valence-corrected chi connectivity index (χ0v) is 26.1. The fourth-order valence-electron chi connectivity index (χ4n) is 6.21. The number of nitrogens with two attached hydrogens (primary N) is 1. The molecule has 4 N–H and O–H groups in total. The highest BCUT2D eigenvalue weighted by molar-refractivity contribution is 6.30. The summed E-state index contributed by atoms with van der Waals surface area (Å²) >= 11 is 5.93. The number of nitrogens with one attached hydrogen (secondary N) is 2. The minimum Gasteiger partial charge on any atom is -0.484 e. The molecule has 0 spiro atoms. The van der Waals surface area contributed by atoms with Crippen molar-refractivity contribution < 1.29 is 9.53 Å². The minimum absolute atomic E-state index is 0. The molecule has 1 aromatic carbocycles. The molecule has 6 rings (SSSR count). The third-order valence-electron chi connectivity index (χ3n) is 8.61. The van der Waals surface area contributed by atoms with Gasteiger partial charge < -0.3 is 30.6 Å². The van der Waals surface area contributed by atoms with Crippen LogP contribution in [0.2, 0.25) is 5.02 Å². The number of anilines is 2. The summed E-state index contributed by atoms with van der Waals surface area (Å²) in [6, 6.07) is 8.31. The highest BCUT2D eigenvalue weighted by atomic mass is 35.5. The van der Waals surface area contributed by atoms with Crippen molar-refractivity contribution in [2.75, 3.05) is 30.3 Å². The number of ether oxygens (including phenoxy) is 1. The van der Waals surface area contributed by atoms with Crippen molar-refractivity contribution in [3.8, 4) is 5.75 Å². The van der Waals surface area contributed by atoms with E-state index in [1.54, 1.807) is 24.3 Å². The van der Waals surface area contributed by atoms with Gasteiger partial charge in [-0.3, -0.25) is 4.79 Å². The standard InChI is InChI=1S/C29H39ClN8O2.2ClH/c30-19-5-11-24(12-6-19)40-17-25(39)37-15-13-22(14-16-37)33-27-26-28(38(18-32-26)23-3-1-2-4-23)36-29(35-27)34-21-9-7-20(31)8-10-21;;/h5-6,11-12,18,20-23H,1-4,7-10,13-17,31H2,(H2,33,34,35,36);2*1H. The van der Waals surface area contributed by atoms with Gasteiger partial charge in [0, 0.05) is 42.3 Å². The average molecular weight is 640 g/mol. The first kappa shape index (κ1) is 32.4. The highest BCUT2D eigenvalue weighted by Crippen LogP contribution is 2.34. The molecule has 3 aromatic rings. The number of carbonyl (C=O) groups excluding carboxylic acids is 1. The Morgan fingerprint density at radius 3 is 2.29 bits per heavy atom. The topological polar surface area (TPSA) is 123 Å². The van der Waals surface area contributed by atoms with Gasteiger partial charge in [-0.2, -0.15) is 9.97 Å². The number of imidazole rings is 1. The normalized spacial score (nSPS) is 21.4. The van der Waals surface area contributed by atoms with E-state index in [9.17, 15) is 4.79 Å². The maximum atomic E-state index is 12.8. The molecule has 10 nitrogen and oxygen atoms in total. The third-order valence-corrected chi connectivity index (χ3v) is 8.86. The Bertz CT molecular complexity index is 1300. The summed E-state index contributed by atoms with van der Waals surface area (Å²) < 4.78 is 7.91. The molecule has 3 aliphatic rings. The molecule has 2 saturated carbocycles. The average Bonchev–Trinajstić information content (AvgIpc) is 3.65. The molecule has 1 aliphatic heterocycles. The molecule has 2 aromatic heterocycles. The van der Waals surface area contributed by atoms with Crippen LogP contribution in [0.4, 0.5) is 11.8 Å². The molecule has 3 fully saturated rings. The number of halogens is 3. The number of hydrogen-bond donors (Lipinski definition) is 3. The van der Waals surface area contributed by atoms with Crippen LogP contribution in [0.25, 0.3) is 11.2 Å². The van der Waals surface area contributed by atoms with E-state index in [0.717, 1.165) is 68.3 Å². The van der Waals surface area contributed by atoms with Gasteiger partial charge >= 0.3 is 0 Å². The molecule has 230 valence electrons. The second-order valence-electron chi connectivity index (χ2n) is 11.5. The van der Waals surface area contributed by atoms with Crippen LogP contribution in [0.3, 0.4) is 0 Å². The summed E-state index contributed by atoms with van der Waals surface area (Å²) in [6.45, 7) is 1.35. The second kappa shape index (κ2) is 14.8. The number of aromatic nitrogens is 4. The Morgan fingerprint density at radius 2 is 1.60 bits per heavy atom. The maximum Gasteiger partial charge on any atom is 0.260 e. The number of rotatable bonds is 8. The number of amides is 1. The van der Waals surface area contributed by atoms with Crippen LogP contribution < -0.4 is 21.1 Å². The van der Waals surface area contributed by atoms with Crippen molar-refractivity contribution in [3.63, 3.8) is 0 Å². The van der Waals surface area contributed by atoms with Gasteiger partial charge in [-0.1, -0.05) is 24.4 Å². The Balaban J connectivity index is 0.00000202. The zero-order chi connectivity index (χ0) is 27.5. The predicted molar refractivity (Wildman–Crippen MR) is 171 cm³/mol. The number of hydrogen-bond acceptors (Lipinski definition) is 8. The molecule has 0 radical (unpaired) electrons. The first-order chi connectivity index (χ1) is 19.5. The van der Waals surface area contributed by atoms with Crippen LogP contribution in [0.5, 0.6) is 5.75 Å². The number of benzene rings is 1. The smallest absolute Gasteiger partial charge is 0.260 e. The Hall–Kier alpha value is -2.53. The summed E-state index contributed by atoms with van der Waals surface area (Å²) in [5.74, 6) is 2.06. The molecule has 42 heavy (non-hydrogen) atoms. The summed E-state index contributed by atoms with van der Waals surface area (Å²) in [7, 11) is 0. The lowest BCUT2D eigenvalue weighted by atomic mass is 9.92. The third kappa shape index (κ3) is 7.70. The first-order valence-electron chi connectivity index (χ1n) is 14.7. The number of likely N-dealkylation sites (tertiary alicyclic amines) is 1. The van der Waals surface area contributed by atoms with Crippen molar-refractivity contribution in [3.05, 3.63) is 35.6 Å². The van der Waals surface area contributed by atoms with Gasteiger partial charge in [0.1, 0.15) is 5.75 Å². The molecule has 1 saturated heterocycles. The van der Waals surface area contributed by atoms with Crippen molar-refractivity contribution >= 4 is 65.3 Å². The van der Waals surface area contributed by atoms with E-state index >= 15 is 0 Å². The van der Waals surface area contributed by atoms with Crippen molar-refractivity contribution in [2.45, 2.75) is 88.4 Å². The van der Waals surface area contributed by atoms with E-state index in [1.165, 1.54) is 12.8 Å². The Labute approximate surface area is 264 Å². The van der Waals surface area contributed by atoms with Crippen LogP contribution in [0.15, 0.2) is 30.6 Å². The predicted octanol–water partition coefficient (Wildman–Crippen LogP) is 5.60. The number of nitrogens with zero attached hydrogens (tertiary/aromatic N) is 5. The lowest BCUT2D eigenvalue weighted by molar-refractivity contribution is -0.134. The molecular formula is C29H41Cl3N8O2. The van der Waals surface area contributed by atoms with E-state index in [4.69, 9.17) is 37.0 Å². The number of carbonyl (C=O) groups is 1. The van der Waals surface area contributed by atoms with Gasteiger partial charge in [0.25, 0.3) is 5.91 Å². The highest BCUT2D eigenvalue weighted by Gasteiger charge is 2.27. The van der Waals surface area contributed by atoms with Gasteiger partial charge in [0.15, 0.2) is 23.6 Å².